The van der Waals surface area contributed by atoms with Crippen LogP contribution in [0.4, 0.5) is 0 Å². The second-order valence-electron chi connectivity index (χ2n) is 7.68. The Labute approximate surface area is 118 Å². The smallest absolute Gasteiger partial charge is 0.0830 e. The van der Waals surface area contributed by atoms with E-state index < -0.39 is 0 Å². The summed E-state index contributed by atoms with van der Waals surface area (Å²) in [5, 5.41) is 0. The van der Waals surface area contributed by atoms with Crippen molar-refractivity contribution in [1.29, 1.82) is 0 Å². The van der Waals surface area contributed by atoms with E-state index in [0.717, 1.165) is 6.42 Å². The topological polar surface area (TPSA) is 38.5 Å². The lowest BCUT2D eigenvalue weighted by atomic mass is 9.76. The van der Waals surface area contributed by atoms with Gasteiger partial charge in [-0.2, -0.15) is 0 Å². The molecule has 0 aromatic rings. The van der Waals surface area contributed by atoms with Crippen LogP contribution in [0.5, 0.6) is 0 Å². The highest BCUT2D eigenvalue weighted by Gasteiger charge is 2.61. The number of hydrogen-bond acceptors (Lipinski definition) is 3. The van der Waals surface area contributed by atoms with Gasteiger partial charge in [-0.25, -0.2) is 0 Å². The molecule has 0 radical (unpaired) electrons. The van der Waals surface area contributed by atoms with Crippen molar-refractivity contribution in [3.8, 4) is 0 Å². The van der Waals surface area contributed by atoms with Crippen LogP contribution in [0, 0.1) is 0 Å². The van der Waals surface area contributed by atoms with Crippen molar-refractivity contribution in [2.24, 2.45) is 5.73 Å². The fraction of sp³-hybridized carbons (Fsp3) is 1.00. The Morgan fingerprint density at radius 3 is 2.26 bits per heavy atom. The summed E-state index contributed by atoms with van der Waals surface area (Å²) in [6.45, 7) is 14.2. The molecule has 3 unspecified atom stereocenters. The minimum Gasteiger partial charge on any atom is -0.368 e. The lowest BCUT2D eigenvalue weighted by Crippen LogP contribution is -2.66. The molecule has 0 bridgehead atoms. The molecule has 0 aromatic carbocycles. The molecule has 0 amide bonds. The van der Waals surface area contributed by atoms with Gasteiger partial charge in [0.05, 0.1) is 16.7 Å². The van der Waals surface area contributed by atoms with E-state index in [2.05, 4.69) is 46.4 Å². The summed E-state index contributed by atoms with van der Waals surface area (Å²) in [5.41, 5.74) is 6.02. The van der Waals surface area contributed by atoms with E-state index in [9.17, 15) is 0 Å². The lowest BCUT2D eigenvalue weighted by Gasteiger charge is -2.50. The summed E-state index contributed by atoms with van der Waals surface area (Å²) in [6, 6.07) is 1.28. The first-order chi connectivity index (χ1) is 8.69. The van der Waals surface area contributed by atoms with Crippen LogP contribution >= 0.6 is 0 Å². The lowest BCUT2D eigenvalue weighted by molar-refractivity contribution is -0.112. The number of nitrogens with zero attached hydrogens (tertiary/aromatic N) is 1. The fourth-order valence-electron chi connectivity index (χ4n) is 4.81. The molecule has 3 nitrogen and oxygen atoms in total. The average Bonchev–Trinajstić information content (AvgIpc) is 2.73. The van der Waals surface area contributed by atoms with Gasteiger partial charge < -0.3 is 10.5 Å². The van der Waals surface area contributed by atoms with Crippen molar-refractivity contribution >= 4 is 0 Å². The van der Waals surface area contributed by atoms with Crippen LogP contribution in [0.25, 0.3) is 0 Å². The Bertz CT molecular complexity index is 340. The Balaban J connectivity index is 2.42. The molecular weight excluding hydrogens is 236 g/mol. The van der Waals surface area contributed by atoms with E-state index in [-0.39, 0.29) is 16.7 Å². The third-order valence-electron chi connectivity index (χ3n) is 5.46. The zero-order chi connectivity index (χ0) is 14.5. The van der Waals surface area contributed by atoms with E-state index in [4.69, 9.17) is 10.5 Å². The molecule has 112 valence electrons. The Morgan fingerprint density at radius 1 is 1.21 bits per heavy atom. The first-order valence-electron chi connectivity index (χ1n) is 7.88. The molecule has 2 rings (SSSR count). The van der Waals surface area contributed by atoms with Crippen molar-refractivity contribution in [1.82, 2.24) is 4.90 Å². The van der Waals surface area contributed by atoms with Gasteiger partial charge >= 0.3 is 0 Å². The Hall–Kier alpha value is -0.120. The average molecular weight is 268 g/mol. The van der Waals surface area contributed by atoms with E-state index in [1.807, 2.05) is 0 Å². The second-order valence-corrected chi connectivity index (χ2v) is 7.68. The molecule has 2 aliphatic heterocycles. The molecule has 0 saturated carbocycles. The SMILES string of the molecule is CCC1CCC(C)N1C1(CN)CC(C)(C)OC1(C)C. The molecule has 2 heterocycles. The van der Waals surface area contributed by atoms with Crippen LogP contribution in [0.1, 0.15) is 67.2 Å². The van der Waals surface area contributed by atoms with Gasteiger partial charge in [0.25, 0.3) is 0 Å². The zero-order valence-electron chi connectivity index (χ0n) is 13.6. The highest BCUT2D eigenvalue weighted by atomic mass is 16.5. The number of nitrogens with two attached hydrogens (primary N) is 1. The maximum absolute atomic E-state index is 6.37. The van der Waals surface area contributed by atoms with Gasteiger partial charge in [-0.15, -0.1) is 0 Å². The largest absolute Gasteiger partial charge is 0.368 e. The quantitative estimate of drug-likeness (QED) is 0.855. The van der Waals surface area contributed by atoms with Crippen LogP contribution in [-0.4, -0.2) is 40.3 Å². The maximum atomic E-state index is 6.37. The van der Waals surface area contributed by atoms with Gasteiger partial charge in [0.2, 0.25) is 0 Å². The van der Waals surface area contributed by atoms with Gasteiger partial charge in [-0.3, -0.25) is 4.90 Å². The van der Waals surface area contributed by atoms with Crippen molar-refractivity contribution < 1.29 is 4.74 Å². The van der Waals surface area contributed by atoms with Gasteiger partial charge in [-0.1, -0.05) is 6.92 Å². The minimum atomic E-state index is -0.183. The number of likely N-dealkylation sites (tertiary alicyclic amines) is 1. The molecule has 3 atom stereocenters. The predicted molar refractivity (Wildman–Crippen MR) is 80.3 cm³/mol. The highest BCUT2D eigenvalue weighted by molar-refractivity contribution is 5.16. The van der Waals surface area contributed by atoms with E-state index in [1.54, 1.807) is 0 Å². The fourth-order valence-corrected chi connectivity index (χ4v) is 4.81. The van der Waals surface area contributed by atoms with Gasteiger partial charge in [0.15, 0.2) is 0 Å². The minimum absolute atomic E-state index is 0.0207. The third kappa shape index (κ3) is 2.24. The molecule has 2 fully saturated rings. The number of ether oxygens (including phenoxy) is 1. The molecular formula is C16H32N2O. The van der Waals surface area contributed by atoms with Crippen molar-refractivity contribution in [2.45, 2.75) is 96.1 Å². The zero-order valence-corrected chi connectivity index (χ0v) is 13.6. The maximum Gasteiger partial charge on any atom is 0.0830 e. The molecule has 2 saturated heterocycles. The molecule has 0 aliphatic carbocycles. The normalized spacial score (nSPS) is 41.8. The van der Waals surface area contributed by atoms with E-state index >= 15 is 0 Å². The first-order valence-corrected chi connectivity index (χ1v) is 7.88. The van der Waals surface area contributed by atoms with Crippen molar-refractivity contribution in [3.63, 3.8) is 0 Å². The summed E-state index contributed by atoms with van der Waals surface area (Å²) in [7, 11) is 0. The molecule has 2 aliphatic rings. The van der Waals surface area contributed by atoms with Gasteiger partial charge in [0.1, 0.15) is 0 Å². The summed E-state index contributed by atoms with van der Waals surface area (Å²) in [5.74, 6) is 0. The number of rotatable bonds is 3. The summed E-state index contributed by atoms with van der Waals surface area (Å²) < 4.78 is 6.37. The van der Waals surface area contributed by atoms with Crippen LogP contribution in [0.2, 0.25) is 0 Å². The van der Waals surface area contributed by atoms with Crippen LogP contribution in [0.15, 0.2) is 0 Å². The summed E-state index contributed by atoms with van der Waals surface area (Å²) in [6.07, 6.45) is 4.83. The summed E-state index contributed by atoms with van der Waals surface area (Å²) >= 11 is 0. The predicted octanol–water partition coefficient (Wildman–Crippen LogP) is 2.92. The van der Waals surface area contributed by atoms with Crippen molar-refractivity contribution in [3.05, 3.63) is 0 Å². The second kappa shape index (κ2) is 4.71. The standard InChI is InChI=1S/C16H32N2O/c1-7-13-9-8-12(2)18(13)16(11-17)10-14(3,4)19-15(16,5)6/h12-13H,7-11,17H2,1-6H3. The van der Waals surface area contributed by atoms with Crippen molar-refractivity contribution in [2.75, 3.05) is 6.54 Å². The molecule has 2 N–H and O–H groups in total. The molecule has 3 heteroatoms. The number of hydrogen-bond donors (Lipinski definition) is 1. The van der Waals surface area contributed by atoms with Gasteiger partial charge in [0, 0.05) is 18.6 Å². The third-order valence-corrected chi connectivity index (χ3v) is 5.46. The van der Waals surface area contributed by atoms with Crippen LogP contribution in [0.3, 0.4) is 0 Å². The highest BCUT2D eigenvalue weighted by Crippen LogP contribution is 2.51. The Kier molecular flexibility index (Phi) is 3.79. The van der Waals surface area contributed by atoms with Crippen LogP contribution < -0.4 is 5.73 Å². The van der Waals surface area contributed by atoms with E-state index in [0.29, 0.717) is 18.6 Å². The Morgan fingerprint density at radius 2 is 1.84 bits per heavy atom. The first kappa shape index (κ1) is 15.3. The molecule has 0 aromatic heterocycles. The molecule has 19 heavy (non-hydrogen) atoms. The molecule has 0 spiro atoms. The monoisotopic (exact) mass is 268 g/mol. The van der Waals surface area contributed by atoms with Gasteiger partial charge in [-0.05, 0) is 60.3 Å². The van der Waals surface area contributed by atoms with Crippen LogP contribution in [-0.2, 0) is 4.74 Å². The van der Waals surface area contributed by atoms with E-state index in [1.165, 1.54) is 19.3 Å². The summed E-state index contributed by atoms with van der Waals surface area (Å²) in [4.78, 5) is 2.71.